The summed E-state index contributed by atoms with van der Waals surface area (Å²) in [5.41, 5.74) is 1.27. The van der Waals surface area contributed by atoms with E-state index in [1.165, 1.54) is 31.4 Å². The van der Waals surface area contributed by atoms with E-state index in [2.05, 4.69) is 61.9 Å². The molecular weight excluding hydrogens is 335 g/mol. The van der Waals surface area contributed by atoms with Gasteiger partial charge in [-0.2, -0.15) is 0 Å². The van der Waals surface area contributed by atoms with Gasteiger partial charge in [-0.15, -0.1) is 0 Å². The summed E-state index contributed by atoms with van der Waals surface area (Å²) in [6.45, 7) is 5.73. The standard InChI is InChI=1S/C15H27N2.HI/c1-5-7-8-14(6-2)13-17-11-9-15(10-12-17)16(3)4;/h9-12,14H,5-8,13H2,1-4H3;1H/q+1;/p-1. The molecule has 1 aromatic heterocycles. The van der Waals surface area contributed by atoms with Crippen LogP contribution < -0.4 is 33.4 Å². The Labute approximate surface area is 129 Å². The van der Waals surface area contributed by atoms with Crippen molar-refractivity contribution in [1.82, 2.24) is 0 Å². The van der Waals surface area contributed by atoms with Gasteiger partial charge < -0.3 is 28.9 Å². The Morgan fingerprint density at radius 3 is 2.22 bits per heavy atom. The van der Waals surface area contributed by atoms with Gasteiger partial charge in [-0.3, -0.25) is 0 Å². The second kappa shape index (κ2) is 9.59. The number of anilines is 1. The molecule has 1 atom stereocenters. The van der Waals surface area contributed by atoms with Crippen molar-refractivity contribution in [1.29, 1.82) is 0 Å². The van der Waals surface area contributed by atoms with Crippen LogP contribution in [0.4, 0.5) is 5.69 Å². The van der Waals surface area contributed by atoms with E-state index in [9.17, 15) is 0 Å². The van der Waals surface area contributed by atoms with E-state index in [-0.39, 0.29) is 24.0 Å². The molecule has 3 heteroatoms. The van der Waals surface area contributed by atoms with Gasteiger partial charge in [0.15, 0.2) is 18.9 Å². The van der Waals surface area contributed by atoms with E-state index in [1.54, 1.807) is 0 Å². The molecule has 0 aromatic carbocycles. The third kappa shape index (κ3) is 6.03. The predicted molar refractivity (Wildman–Crippen MR) is 74.3 cm³/mol. The van der Waals surface area contributed by atoms with Gasteiger partial charge in [-0.25, -0.2) is 4.57 Å². The van der Waals surface area contributed by atoms with Gasteiger partial charge in [0.25, 0.3) is 0 Å². The maximum absolute atomic E-state index is 2.32. The highest BCUT2D eigenvalue weighted by atomic mass is 127. The molecule has 104 valence electrons. The lowest BCUT2D eigenvalue weighted by Gasteiger charge is -2.13. The lowest BCUT2D eigenvalue weighted by atomic mass is 9.99. The second-order valence-electron chi connectivity index (χ2n) is 5.06. The van der Waals surface area contributed by atoms with Gasteiger partial charge in [0, 0.05) is 37.8 Å². The quantitative estimate of drug-likeness (QED) is 0.499. The predicted octanol–water partition coefficient (Wildman–Crippen LogP) is 0.261. The molecule has 18 heavy (non-hydrogen) atoms. The normalized spacial score (nSPS) is 11.8. The maximum atomic E-state index is 2.32. The molecule has 1 heterocycles. The number of rotatable bonds is 7. The topological polar surface area (TPSA) is 7.12 Å². The summed E-state index contributed by atoms with van der Waals surface area (Å²) < 4.78 is 2.32. The van der Waals surface area contributed by atoms with Crippen molar-refractivity contribution in [2.75, 3.05) is 19.0 Å². The Kier molecular flexibility index (Phi) is 9.42. The Hall–Kier alpha value is -0.320. The van der Waals surface area contributed by atoms with Crippen molar-refractivity contribution < 1.29 is 28.5 Å². The van der Waals surface area contributed by atoms with Gasteiger partial charge in [0.05, 0.1) is 0 Å². The highest BCUT2D eigenvalue weighted by Crippen LogP contribution is 2.13. The van der Waals surface area contributed by atoms with Gasteiger partial charge in [-0.05, 0) is 12.8 Å². The van der Waals surface area contributed by atoms with Crippen LogP contribution in [-0.4, -0.2) is 14.1 Å². The first-order chi connectivity index (χ1) is 8.17. The van der Waals surface area contributed by atoms with Crippen LogP contribution in [0.2, 0.25) is 0 Å². The number of hydrogen-bond donors (Lipinski definition) is 0. The van der Waals surface area contributed by atoms with Crippen LogP contribution in [0.3, 0.4) is 0 Å². The first-order valence-corrected chi connectivity index (χ1v) is 6.83. The minimum Gasteiger partial charge on any atom is -1.00 e. The highest BCUT2D eigenvalue weighted by Gasteiger charge is 2.11. The number of pyridine rings is 1. The molecule has 1 aromatic rings. The van der Waals surface area contributed by atoms with E-state index in [1.807, 2.05) is 0 Å². The largest absolute Gasteiger partial charge is 1.00 e. The van der Waals surface area contributed by atoms with Crippen LogP contribution in [-0.2, 0) is 6.54 Å². The molecule has 0 N–H and O–H groups in total. The van der Waals surface area contributed by atoms with Crippen LogP contribution >= 0.6 is 0 Å². The first kappa shape index (κ1) is 17.7. The van der Waals surface area contributed by atoms with Crippen LogP contribution in [0.5, 0.6) is 0 Å². The van der Waals surface area contributed by atoms with Crippen molar-refractivity contribution >= 4 is 5.69 Å². The lowest BCUT2D eigenvalue weighted by molar-refractivity contribution is -0.703. The van der Waals surface area contributed by atoms with Gasteiger partial charge in [-0.1, -0.05) is 26.7 Å². The Bertz CT molecular complexity index is 309. The van der Waals surface area contributed by atoms with Crippen LogP contribution in [0.25, 0.3) is 0 Å². The van der Waals surface area contributed by atoms with E-state index in [0.29, 0.717) is 0 Å². The fourth-order valence-corrected chi connectivity index (χ4v) is 2.08. The molecule has 0 amide bonds. The molecule has 1 rings (SSSR count). The average molecular weight is 362 g/mol. The van der Waals surface area contributed by atoms with E-state index >= 15 is 0 Å². The molecule has 1 unspecified atom stereocenters. The molecule has 0 bridgehead atoms. The summed E-state index contributed by atoms with van der Waals surface area (Å²) in [5.74, 6) is 0.824. The van der Waals surface area contributed by atoms with Crippen LogP contribution in [0, 0.1) is 5.92 Å². The third-order valence-electron chi connectivity index (χ3n) is 3.40. The number of unbranched alkanes of at least 4 members (excludes halogenated alkanes) is 1. The SMILES string of the molecule is CCCCC(CC)C[n+]1ccc(N(C)C)cc1.[I-]. The smallest absolute Gasteiger partial charge is 0.170 e. The Morgan fingerprint density at radius 2 is 1.78 bits per heavy atom. The van der Waals surface area contributed by atoms with Crippen LogP contribution in [0.1, 0.15) is 39.5 Å². The monoisotopic (exact) mass is 362 g/mol. The molecule has 2 nitrogen and oxygen atoms in total. The minimum atomic E-state index is 0. The minimum absolute atomic E-state index is 0. The summed E-state index contributed by atoms with van der Waals surface area (Å²) in [6.07, 6.45) is 9.70. The number of aromatic nitrogens is 1. The Morgan fingerprint density at radius 1 is 1.17 bits per heavy atom. The number of nitrogens with zero attached hydrogens (tertiary/aromatic N) is 2. The van der Waals surface area contributed by atoms with Crippen molar-refractivity contribution in [2.24, 2.45) is 5.92 Å². The molecule has 0 aliphatic carbocycles. The van der Waals surface area contributed by atoms with Crippen molar-refractivity contribution in [3.63, 3.8) is 0 Å². The molecule has 0 fully saturated rings. The van der Waals surface area contributed by atoms with E-state index < -0.39 is 0 Å². The number of halogens is 1. The molecule has 0 radical (unpaired) electrons. The lowest BCUT2D eigenvalue weighted by Crippen LogP contribution is -3.00. The Balaban J connectivity index is 0.00000289. The van der Waals surface area contributed by atoms with Crippen molar-refractivity contribution in [3.05, 3.63) is 24.5 Å². The summed E-state index contributed by atoms with van der Waals surface area (Å²) in [5, 5.41) is 0. The van der Waals surface area contributed by atoms with Gasteiger partial charge in [0.2, 0.25) is 0 Å². The fraction of sp³-hybridized carbons (Fsp3) is 0.667. The van der Waals surface area contributed by atoms with Crippen molar-refractivity contribution in [3.8, 4) is 0 Å². The molecule has 0 aliphatic rings. The summed E-state index contributed by atoms with van der Waals surface area (Å²) in [7, 11) is 4.16. The zero-order chi connectivity index (χ0) is 12.7. The number of hydrogen-bond acceptors (Lipinski definition) is 1. The summed E-state index contributed by atoms with van der Waals surface area (Å²) >= 11 is 0. The van der Waals surface area contributed by atoms with E-state index in [0.717, 1.165) is 12.5 Å². The average Bonchev–Trinajstić information content (AvgIpc) is 2.35. The molecule has 0 aliphatic heterocycles. The zero-order valence-corrected chi connectivity index (χ0v) is 14.4. The van der Waals surface area contributed by atoms with Crippen LogP contribution in [0.15, 0.2) is 24.5 Å². The molecule has 0 saturated heterocycles. The third-order valence-corrected chi connectivity index (χ3v) is 3.40. The summed E-state index contributed by atoms with van der Waals surface area (Å²) in [4.78, 5) is 2.14. The molecule has 0 spiro atoms. The highest BCUT2D eigenvalue weighted by molar-refractivity contribution is 5.41. The first-order valence-electron chi connectivity index (χ1n) is 6.83. The molecule has 0 saturated carbocycles. The van der Waals surface area contributed by atoms with Crippen molar-refractivity contribution in [2.45, 2.75) is 46.1 Å². The van der Waals surface area contributed by atoms with Gasteiger partial charge in [0.1, 0.15) is 0 Å². The maximum Gasteiger partial charge on any atom is 0.170 e. The fourth-order valence-electron chi connectivity index (χ4n) is 2.08. The second-order valence-corrected chi connectivity index (χ2v) is 5.06. The van der Waals surface area contributed by atoms with Gasteiger partial charge >= 0.3 is 0 Å². The zero-order valence-electron chi connectivity index (χ0n) is 12.2. The summed E-state index contributed by atoms with van der Waals surface area (Å²) in [6, 6.07) is 4.37. The molecular formula is C15H27IN2. The van der Waals surface area contributed by atoms with E-state index in [4.69, 9.17) is 0 Å².